The fourth-order valence-electron chi connectivity index (χ4n) is 1.62. The van der Waals surface area contributed by atoms with Gasteiger partial charge in [-0.3, -0.25) is 4.79 Å². The first-order chi connectivity index (χ1) is 8.50. The average molecular weight is 265 g/mol. The molecule has 1 rings (SSSR count). The van der Waals surface area contributed by atoms with Crippen LogP contribution in [0.1, 0.15) is 30.6 Å². The second-order valence-electron chi connectivity index (χ2n) is 5.05. The lowest BCUT2D eigenvalue weighted by molar-refractivity contribution is 0.0939. The van der Waals surface area contributed by atoms with Gasteiger partial charge in [-0.1, -0.05) is 26.0 Å². The van der Waals surface area contributed by atoms with Gasteiger partial charge >= 0.3 is 0 Å². The van der Waals surface area contributed by atoms with Gasteiger partial charge in [0.25, 0.3) is 0 Å². The molecule has 0 aliphatic rings. The summed E-state index contributed by atoms with van der Waals surface area (Å²) in [5, 5.41) is 0. The van der Waals surface area contributed by atoms with Crippen LogP contribution in [0.2, 0.25) is 0 Å². The predicted molar refractivity (Wildman–Crippen MR) is 79.5 cm³/mol. The maximum atomic E-state index is 11.8. The summed E-state index contributed by atoms with van der Waals surface area (Å²) in [6.45, 7) is 5.00. The van der Waals surface area contributed by atoms with E-state index in [9.17, 15) is 4.79 Å². The molecule has 100 valence electrons. The minimum atomic E-state index is 0.0728. The lowest BCUT2D eigenvalue weighted by Gasteiger charge is -2.09. The van der Waals surface area contributed by atoms with Crippen LogP contribution in [0.4, 0.5) is 0 Å². The summed E-state index contributed by atoms with van der Waals surface area (Å²) in [5.41, 5.74) is 0.822. The van der Waals surface area contributed by atoms with Gasteiger partial charge in [-0.15, -0.1) is 11.8 Å². The Kier molecular flexibility index (Phi) is 6.44. The van der Waals surface area contributed by atoms with E-state index in [-0.39, 0.29) is 11.7 Å². The van der Waals surface area contributed by atoms with Crippen LogP contribution >= 0.6 is 11.8 Å². The number of benzene rings is 1. The summed E-state index contributed by atoms with van der Waals surface area (Å²) in [4.78, 5) is 15.2. The molecule has 0 N–H and O–H groups in total. The summed E-state index contributed by atoms with van der Waals surface area (Å²) in [6, 6.07) is 7.99. The summed E-state index contributed by atoms with van der Waals surface area (Å²) in [6.07, 6.45) is 1.18. The van der Waals surface area contributed by atoms with Crippen LogP contribution in [0.3, 0.4) is 0 Å². The molecule has 1 aromatic carbocycles. The van der Waals surface area contributed by atoms with Crippen molar-refractivity contribution < 1.29 is 4.79 Å². The van der Waals surface area contributed by atoms with Crippen molar-refractivity contribution in [3.63, 3.8) is 0 Å². The maximum absolute atomic E-state index is 11.8. The average Bonchev–Trinajstić information content (AvgIpc) is 2.34. The SMILES string of the molecule is CC(C)C(=O)c1ccc(SCCCN(C)C)cc1. The minimum Gasteiger partial charge on any atom is -0.309 e. The second-order valence-corrected chi connectivity index (χ2v) is 6.22. The fraction of sp³-hybridized carbons (Fsp3) is 0.533. The summed E-state index contributed by atoms with van der Waals surface area (Å²) < 4.78 is 0. The number of ketones is 1. The highest BCUT2D eigenvalue weighted by Gasteiger charge is 2.09. The molecule has 0 amide bonds. The van der Waals surface area contributed by atoms with Crippen molar-refractivity contribution in [3.05, 3.63) is 29.8 Å². The molecule has 0 heterocycles. The molecule has 0 spiro atoms. The highest BCUT2D eigenvalue weighted by Crippen LogP contribution is 2.20. The number of hydrogen-bond donors (Lipinski definition) is 0. The van der Waals surface area contributed by atoms with Crippen LogP contribution in [-0.4, -0.2) is 37.1 Å². The van der Waals surface area contributed by atoms with E-state index in [1.54, 1.807) is 0 Å². The zero-order chi connectivity index (χ0) is 13.5. The lowest BCUT2D eigenvalue weighted by Crippen LogP contribution is -2.13. The topological polar surface area (TPSA) is 20.3 Å². The van der Waals surface area contributed by atoms with E-state index < -0.39 is 0 Å². The summed E-state index contributed by atoms with van der Waals surface area (Å²) in [5.74, 6) is 1.41. The molecule has 2 nitrogen and oxygen atoms in total. The van der Waals surface area contributed by atoms with Crippen molar-refractivity contribution in [3.8, 4) is 0 Å². The number of hydrogen-bond acceptors (Lipinski definition) is 3. The van der Waals surface area contributed by atoms with Gasteiger partial charge in [0.05, 0.1) is 0 Å². The van der Waals surface area contributed by atoms with E-state index in [0.717, 1.165) is 17.9 Å². The largest absolute Gasteiger partial charge is 0.309 e. The summed E-state index contributed by atoms with van der Waals surface area (Å²) in [7, 11) is 4.19. The Hall–Kier alpha value is -0.800. The molecule has 0 unspecified atom stereocenters. The number of Topliss-reactive ketones (excluding diaryl/α,β-unsaturated/α-hetero) is 1. The monoisotopic (exact) mass is 265 g/mol. The van der Waals surface area contributed by atoms with Gasteiger partial charge in [0.1, 0.15) is 0 Å². The molecule has 0 bridgehead atoms. The molecule has 18 heavy (non-hydrogen) atoms. The van der Waals surface area contributed by atoms with Crippen LogP contribution in [0.15, 0.2) is 29.2 Å². The van der Waals surface area contributed by atoms with E-state index in [4.69, 9.17) is 0 Å². The Morgan fingerprint density at radius 3 is 2.33 bits per heavy atom. The van der Waals surface area contributed by atoms with Gasteiger partial charge in [-0.25, -0.2) is 0 Å². The van der Waals surface area contributed by atoms with Crippen LogP contribution in [0.25, 0.3) is 0 Å². The molecule has 0 atom stereocenters. The minimum absolute atomic E-state index is 0.0728. The van der Waals surface area contributed by atoms with Crippen molar-refractivity contribution in [1.29, 1.82) is 0 Å². The highest BCUT2D eigenvalue weighted by molar-refractivity contribution is 7.99. The molecule has 0 saturated heterocycles. The second kappa shape index (κ2) is 7.59. The third-order valence-electron chi connectivity index (χ3n) is 2.68. The van der Waals surface area contributed by atoms with Gasteiger partial charge in [0.15, 0.2) is 5.78 Å². The fourth-order valence-corrected chi connectivity index (χ4v) is 2.46. The molecule has 0 saturated carbocycles. The van der Waals surface area contributed by atoms with Gasteiger partial charge in [0.2, 0.25) is 0 Å². The first-order valence-corrected chi connectivity index (χ1v) is 7.41. The van der Waals surface area contributed by atoms with Gasteiger partial charge in [-0.05, 0) is 44.9 Å². The molecule has 0 fully saturated rings. The van der Waals surface area contributed by atoms with Crippen LogP contribution in [0, 0.1) is 5.92 Å². The van der Waals surface area contributed by atoms with E-state index in [2.05, 4.69) is 31.1 Å². The van der Waals surface area contributed by atoms with E-state index in [0.29, 0.717) is 0 Å². The Morgan fingerprint density at radius 2 is 1.83 bits per heavy atom. The maximum Gasteiger partial charge on any atom is 0.165 e. The molecule has 0 aromatic heterocycles. The third kappa shape index (κ3) is 5.23. The Balaban J connectivity index is 2.43. The number of rotatable bonds is 7. The first kappa shape index (κ1) is 15.3. The van der Waals surface area contributed by atoms with E-state index in [1.807, 2.05) is 37.7 Å². The number of carbonyl (C=O) groups excluding carboxylic acids is 1. The van der Waals surface area contributed by atoms with Gasteiger partial charge in [-0.2, -0.15) is 0 Å². The quantitative estimate of drug-likeness (QED) is 0.427. The molecule has 0 radical (unpaired) electrons. The van der Waals surface area contributed by atoms with Crippen LogP contribution < -0.4 is 0 Å². The van der Waals surface area contributed by atoms with Crippen LogP contribution in [0.5, 0.6) is 0 Å². The molecule has 0 aliphatic heterocycles. The molecule has 0 aliphatic carbocycles. The standard InChI is InChI=1S/C15H23NOS/c1-12(2)15(17)13-6-8-14(9-7-13)18-11-5-10-16(3)4/h6-9,12H,5,10-11H2,1-4H3. The Bertz CT molecular complexity index is 371. The lowest BCUT2D eigenvalue weighted by atomic mass is 10.0. The Morgan fingerprint density at radius 1 is 1.22 bits per heavy atom. The molecular weight excluding hydrogens is 242 g/mol. The van der Waals surface area contributed by atoms with E-state index in [1.165, 1.54) is 11.3 Å². The number of thioether (sulfide) groups is 1. The van der Waals surface area contributed by atoms with Crippen molar-refractivity contribution in [2.75, 3.05) is 26.4 Å². The van der Waals surface area contributed by atoms with Crippen molar-refractivity contribution in [2.45, 2.75) is 25.2 Å². The summed E-state index contributed by atoms with van der Waals surface area (Å²) >= 11 is 1.85. The smallest absolute Gasteiger partial charge is 0.165 e. The zero-order valence-corrected chi connectivity index (χ0v) is 12.6. The highest BCUT2D eigenvalue weighted by atomic mass is 32.2. The number of nitrogens with zero attached hydrogens (tertiary/aromatic N) is 1. The molecule has 1 aromatic rings. The normalized spacial score (nSPS) is 11.2. The van der Waals surface area contributed by atoms with Crippen molar-refractivity contribution in [1.82, 2.24) is 4.90 Å². The molecule has 3 heteroatoms. The van der Waals surface area contributed by atoms with Gasteiger partial charge < -0.3 is 4.90 Å². The van der Waals surface area contributed by atoms with E-state index >= 15 is 0 Å². The third-order valence-corrected chi connectivity index (χ3v) is 3.78. The van der Waals surface area contributed by atoms with Crippen molar-refractivity contribution >= 4 is 17.5 Å². The van der Waals surface area contributed by atoms with Crippen LogP contribution in [-0.2, 0) is 0 Å². The predicted octanol–water partition coefficient (Wildman–Crippen LogP) is 3.57. The van der Waals surface area contributed by atoms with Gasteiger partial charge in [0, 0.05) is 16.4 Å². The number of carbonyl (C=O) groups is 1. The zero-order valence-electron chi connectivity index (χ0n) is 11.8. The van der Waals surface area contributed by atoms with Crippen molar-refractivity contribution in [2.24, 2.45) is 5.92 Å². The first-order valence-electron chi connectivity index (χ1n) is 6.42. The Labute approximate surface area is 115 Å². The molecular formula is C15H23NOS.